The van der Waals surface area contributed by atoms with Crippen LogP contribution in [0, 0.1) is 0 Å². The van der Waals surface area contributed by atoms with Gasteiger partial charge in [-0.2, -0.15) is 0 Å². The minimum atomic E-state index is -0.662. The Morgan fingerprint density at radius 3 is 2.38 bits per heavy atom. The number of rotatable bonds is 10. The van der Waals surface area contributed by atoms with Crippen molar-refractivity contribution in [2.45, 2.75) is 45.1 Å². The van der Waals surface area contributed by atoms with Gasteiger partial charge in [0.15, 0.2) is 0 Å². The van der Waals surface area contributed by atoms with Gasteiger partial charge in [0.05, 0.1) is 13.5 Å². The predicted octanol–water partition coefficient (Wildman–Crippen LogP) is 0.567. The minimum absolute atomic E-state index is 0.0450. The molecule has 136 valence electrons. The van der Waals surface area contributed by atoms with Crippen molar-refractivity contribution in [2.24, 2.45) is 0 Å². The van der Waals surface area contributed by atoms with Crippen molar-refractivity contribution >= 4 is 61.5 Å². The average Bonchev–Trinajstić information content (AvgIpc) is 2.49. The largest absolute Gasteiger partial charge is 0.469 e. The molecule has 0 aliphatic rings. The lowest BCUT2D eigenvalue weighted by Crippen LogP contribution is -2.46. The zero-order valence-electron chi connectivity index (χ0n) is 13.6. The molecule has 0 spiro atoms. The molecule has 0 unspecified atom stereocenters. The first-order valence-electron chi connectivity index (χ1n) is 7.37. The smallest absolute Gasteiger partial charge is 0.306 e. The third-order valence-corrected chi connectivity index (χ3v) is 3.31. The highest BCUT2D eigenvalue weighted by atomic mass is 127. The maximum atomic E-state index is 11.9. The molecular weight excluding hydrogens is 449 g/mol. The van der Waals surface area contributed by atoms with Gasteiger partial charge >= 0.3 is 5.97 Å². The molecule has 0 saturated carbocycles. The number of nitrogens with one attached hydrogen (secondary N) is 3. The Hall–Kier alpha value is -1.30. The number of thiocarbonyl (C=S) groups is 1. The molecule has 0 aromatic carbocycles. The Balaban J connectivity index is 4.04. The highest BCUT2D eigenvalue weighted by Gasteiger charge is 2.19. The third kappa shape index (κ3) is 12.2. The Morgan fingerprint density at radius 2 is 1.83 bits per heavy atom. The van der Waals surface area contributed by atoms with Crippen molar-refractivity contribution in [1.29, 1.82) is 0 Å². The van der Waals surface area contributed by atoms with Crippen LogP contribution in [-0.4, -0.2) is 46.4 Å². The highest BCUT2D eigenvalue weighted by molar-refractivity contribution is 14.1. The molecule has 3 N–H and O–H groups in total. The van der Waals surface area contributed by atoms with Crippen molar-refractivity contribution < 1.29 is 23.9 Å². The fourth-order valence-corrected chi connectivity index (χ4v) is 2.17. The second-order valence-electron chi connectivity index (χ2n) is 4.94. The molecule has 0 rings (SSSR count). The summed E-state index contributed by atoms with van der Waals surface area (Å²) < 4.78 is 4.76. The first-order valence-corrected chi connectivity index (χ1v) is 8.86. The molecule has 0 aromatic heterocycles. The van der Waals surface area contributed by atoms with Gasteiger partial charge in [0.1, 0.15) is 9.04 Å². The monoisotopic (exact) mass is 471 g/mol. The van der Waals surface area contributed by atoms with Gasteiger partial charge in [-0.25, -0.2) is 0 Å². The minimum Gasteiger partial charge on any atom is -0.469 e. The van der Waals surface area contributed by atoms with Gasteiger partial charge in [-0.15, -0.1) is 0 Å². The molecule has 0 bridgehead atoms. The van der Waals surface area contributed by atoms with E-state index in [9.17, 15) is 19.2 Å². The van der Waals surface area contributed by atoms with Gasteiger partial charge in [0, 0.05) is 19.9 Å². The molecule has 10 heteroatoms. The van der Waals surface area contributed by atoms with Crippen molar-refractivity contribution in [2.75, 3.05) is 13.7 Å². The lowest BCUT2D eigenvalue weighted by atomic mass is 10.1. The summed E-state index contributed by atoms with van der Waals surface area (Å²) in [5.74, 6) is -1.31. The van der Waals surface area contributed by atoms with Crippen molar-refractivity contribution in [3.63, 3.8) is 0 Å². The van der Waals surface area contributed by atoms with Gasteiger partial charge in [0.2, 0.25) is 17.7 Å². The molecule has 8 nitrogen and oxygen atoms in total. The highest BCUT2D eigenvalue weighted by Crippen LogP contribution is 2.02. The van der Waals surface area contributed by atoms with E-state index in [1.165, 1.54) is 14.0 Å². The Morgan fingerprint density at radius 1 is 1.17 bits per heavy atom. The topological polar surface area (TPSA) is 114 Å². The van der Waals surface area contributed by atoms with E-state index < -0.39 is 12.0 Å². The van der Waals surface area contributed by atoms with Gasteiger partial charge in [-0.1, -0.05) is 12.2 Å². The number of methoxy groups -OCH3 is 1. The van der Waals surface area contributed by atoms with Crippen LogP contribution < -0.4 is 16.0 Å². The summed E-state index contributed by atoms with van der Waals surface area (Å²) >= 11 is 6.61. The van der Waals surface area contributed by atoms with E-state index >= 15 is 0 Å². The molecule has 3 amide bonds. The maximum absolute atomic E-state index is 11.9. The molecule has 0 heterocycles. The van der Waals surface area contributed by atoms with Crippen LogP contribution in [0.2, 0.25) is 0 Å². The number of carbonyl (C=O) groups excluding carboxylic acids is 4. The van der Waals surface area contributed by atoms with E-state index in [2.05, 4.69) is 20.7 Å². The van der Waals surface area contributed by atoms with Crippen LogP contribution in [0.1, 0.15) is 39.0 Å². The average molecular weight is 471 g/mol. The zero-order chi connectivity index (χ0) is 18.5. The third-order valence-electron chi connectivity index (χ3n) is 2.94. The molecule has 0 aromatic rings. The molecule has 0 fully saturated rings. The zero-order valence-corrected chi connectivity index (χ0v) is 16.6. The van der Waals surface area contributed by atoms with E-state index in [1.54, 1.807) is 22.6 Å². The second kappa shape index (κ2) is 13.0. The first-order chi connectivity index (χ1) is 11.3. The molecular formula is C14H22IN3O5S. The van der Waals surface area contributed by atoms with Crippen LogP contribution in [0.5, 0.6) is 0 Å². The molecule has 24 heavy (non-hydrogen) atoms. The quantitative estimate of drug-likeness (QED) is 0.107. The van der Waals surface area contributed by atoms with Crippen LogP contribution >= 0.6 is 34.8 Å². The lowest BCUT2D eigenvalue weighted by Gasteiger charge is -2.16. The lowest BCUT2D eigenvalue weighted by molar-refractivity contribution is -0.142. The van der Waals surface area contributed by atoms with Crippen molar-refractivity contribution in [3.8, 4) is 0 Å². The van der Waals surface area contributed by atoms with E-state index in [0.29, 0.717) is 28.8 Å². The molecule has 0 radical (unpaired) electrons. The fourth-order valence-electron chi connectivity index (χ4n) is 1.81. The van der Waals surface area contributed by atoms with Crippen LogP contribution in [0.15, 0.2) is 0 Å². The normalized spacial score (nSPS) is 11.1. The van der Waals surface area contributed by atoms with Crippen LogP contribution in [0.4, 0.5) is 0 Å². The number of halogens is 1. The first kappa shape index (κ1) is 22.7. The summed E-state index contributed by atoms with van der Waals surface area (Å²) in [6, 6.07) is -0.662. The number of unbranched alkanes of at least 4 members (excludes halogenated alkanes) is 1. The molecule has 0 saturated heterocycles. The number of carbonyl (C=O) groups is 4. The van der Waals surface area contributed by atoms with Crippen LogP contribution in [-0.2, 0) is 23.9 Å². The number of hydrogen-bond donors (Lipinski definition) is 3. The van der Waals surface area contributed by atoms with Gasteiger partial charge < -0.3 is 20.7 Å². The van der Waals surface area contributed by atoms with Gasteiger partial charge in [0.25, 0.3) is 0 Å². The Bertz CT molecular complexity index is 487. The predicted molar refractivity (Wildman–Crippen MR) is 100 cm³/mol. The van der Waals surface area contributed by atoms with Gasteiger partial charge in [-0.3, -0.25) is 19.2 Å². The van der Waals surface area contributed by atoms with E-state index in [0.717, 1.165) is 0 Å². The van der Waals surface area contributed by atoms with E-state index in [1.807, 2.05) is 0 Å². The summed E-state index contributed by atoms with van der Waals surface area (Å²) in [5, 5.41) is 7.74. The number of esters is 1. The number of ether oxygens (including phenoxy) is 1. The fraction of sp³-hybridized carbons (Fsp3) is 0.643. The summed E-state index contributed by atoms with van der Waals surface area (Å²) in [5.41, 5.74) is 0. The van der Waals surface area contributed by atoms with Crippen LogP contribution in [0.25, 0.3) is 0 Å². The summed E-state index contributed by atoms with van der Waals surface area (Å²) in [6.45, 7) is 1.77. The maximum Gasteiger partial charge on any atom is 0.306 e. The van der Waals surface area contributed by atoms with E-state index in [-0.39, 0.29) is 30.6 Å². The summed E-state index contributed by atoms with van der Waals surface area (Å²) in [6.07, 6.45) is 1.83. The molecule has 0 aliphatic carbocycles. The number of hydrogen-bond acceptors (Lipinski definition) is 6. The Kier molecular flexibility index (Phi) is 12.3. The van der Waals surface area contributed by atoms with Crippen LogP contribution in [0.3, 0.4) is 0 Å². The molecule has 0 aliphatic heterocycles. The molecule has 1 atom stereocenters. The summed E-state index contributed by atoms with van der Waals surface area (Å²) in [4.78, 5) is 45.5. The standard InChI is InChI=1S/C14H22IN3O5S/c1-9(19)17-10(13(22)18-14(15)24)5-3-4-8-16-11(20)6-7-12(21)23-2/h10H,3-8H2,1-2H3,(H,16,20)(H,17,19)(H,18,22,24)/t10-/m0/s1. The number of amides is 3. The SMILES string of the molecule is COC(=O)CCC(=O)NCCCC[C@H](NC(C)=O)C(=O)NC(=S)I. The summed E-state index contributed by atoms with van der Waals surface area (Å²) in [7, 11) is 1.27. The van der Waals surface area contributed by atoms with Gasteiger partial charge in [-0.05, 0) is 41.9 Å². The van der Waals surface area contributed by atoms with Crippen molar-refractivity contribution in [3.05, 3.63) is 0 Å². The second-order valence-corrected chi connectivity index (χ2v) is 7.16. The van der Waals surface area contributed by atoms with E-state index in [4.69, 9.17) is 12.2 Å². The Labute approximate surface area is 160 Å². The van der Waals surface area contributed by atoms with Crippen molar-refractivity contribution in [1.82, 2.24) is 16.0 Å².